The molecule has 0 bridgehead atoms. The average molecular weight is 192 g/mol. The van der Waals surface area contributed by atoms with Gasteiger partial charge in [-0.05, 0) is 0 Å². The fourth-order valence-corrected chi connectivity index (χ4v) is 1.37. The largest absolute Gasteiger partial charge is 0.275 e. The molecule has 0 aliphatic carbocycles. The lowest BCUT2D eigenvalue weighted by Gasteiger charge is -2.15. The number of sulfone groups is 1. The first-order valence-electron chi connectivity index (χ1n) is 3.10. The summed E-state index contributed by atoms with van der Waals surface area (Å²) in [4.78, 5) is 8.23. The van der Waals surface area contributed by atoms with Crippen LogP contribution >= 0.6 is 0 Å². The normalized spacial score (nSPS) is 12.8. The van der Waals surface area contributed by atoms with Crippen molar-refractivity contribution in [3.63, 3.8) is 0 Å². The van der Waals surface area contributed by atoms with Crippen molar-refractivity contribution < 1.29 is 13.3 Å². The first kappa shape index (κ1) is 11.1. The lowest BCUT2D eigenvalue weighted by molar-refractivity contribution is -0.0387. The average Bonchev–Trinajstić information content (AvgIpc) is 1.96. The molecular weight excluding hydrogens is 180 g/mol. The van der Waals surface area contributed by atoms with E-state index in [-0.39, 0.29) is 5.17 Å². The van der Waals surface area contributed by atoms with Crippen LogP contribution in [0.1, 0.15) is 0 Å². The Morgan fingerprint density at radius 1 is 1.67 bits per heavy atom. The molecule has 0 aliphatic rings. The topological polar surface area (TPSA) is 59.0 Å². The summed E-state index contributed by atoms with van der Waals surface area (Å²) < 4.78 is 22.0. The van der Waals surface area contributed by atoms with Crippen molar-refractivity contribution in [2.45, 2.75) is 0 Å². The van der Waals surface area contributed by atoms with Gasteiger partial charge in [0.1, 0.15) is 0 Å². The first-order valence-corrected chi connectivity index (χ1v) is 4.99. The van der Waals surface area contributed by atoms with Crippen LogP contribution in [0.4, 0.5) is 0 Å². The Morgan fingerprint density at radius 2 is 2.17 bits per heavy atom. The zero-order valence-electron chi connectivity index (χ0n) is 7.31. The summed E-state index contributed by atoms with van der Waals surface area (Å²) in [5, 5.41) is 0.886. The molecule has 0 heterocycles. The maximum absolute atomic E-state index is 11.0. The Hall–Kier alpha value is -0.880. The highest BCUT2D eigenvalue weighted by molar-refractivity contribution is 8.05. The van der Waals surface area contributed by atoms with Crippen molar-refractivity contribution in [1.82, 2.24) is 5.06 Å². The third-order valence-corrected chi connectivity index (χ3v) is 2.10. The predicted octanol–water partition coefficient (Wildman–Crippen LogP) is 0.0237. The molecule has 0 aromatic heterocycles. The molecule has 0 aromatic carbocycles. The second-order valence-corrected chi connectivity index (χ2v) is 3.96. The highest BCUT2D eigenvalue weighted by Gasteiger charge is 2.17. The quantitative estimate of drug-likeness (QED) is 0.351. The molecule has 0 rings (SSSR count). The highest BCUT2D eigenvalue weighted by Crippen LogP contribution is 1.97. The molecule has 0 unspecified atom stereocenters. The van der Waals surface area contributed by atoms with Gasteiger partial charge >= 0.3 is 0 Å². The molecule has 70 valence electrons. The summed E-state index contributed by atoms with van der Waals surface area (Å²) in [6, 6.07) is 0. The van der Waals surface area contributed by atoms with Crippen LogP contribution in [0, 0.1) is 0 Å². The monoisotopic (exact) mass is 192 g/mol. The van der Waals surface area contributed by atoms with E-state index in [0.29, 0.717) is 0 Å². The molecule has 0 atom stereocenters. The SMILES string of the molecule is C=CN=C(N(C)OC)S(C)(=O)=O. The number of hydrogen-bond acceptors (Lipinski definition) is 4. The molecule has 0 N–H and O–H groups in total. The minimum absolute atomic E-state index is 0.167. The summed E-state index contributed by atoms with van der Waals surface area (Å²) in [5.74, 6) is 0. The van der Waals surface area contributed by atoms with E-state index in [4.69, 9.17) is 0 Å². The predicted molar refractivity (Wildman–Crippen MR) is 47.2 cm³/mol. The van der Waals surface area contributed by atoms with Crippen LogP contribution in [-0.4, -0.2) is 39.1 Å². The van der Waals surface area contributed by atoms with Gasteiger partial charge in [0.25, 0.3) is 0 Å². The fourth-order valence-electron chi connectivity index (χ4n) is 0.567. The lowest BCUT2D eigenvalue weighted by Crippen LogP contribution is -2.31. The fraction of sp³-hybridized carbons (Fsp3) is 0.500. The molecule has 5 nitrogen and oxygen atoms in total. The van der Waals surface area contributed by atoms with Crippen LogP contribution in [0.5, 0.6) is 0 Å². The maximum atomic E-state index is 11.0. The second kappa shape index (κ2) is 4.22. The molecule has 0 fully saturated rings. The van der Waals surface area contributed by atoms with Crippen molar-refractivity contribution in [2.24, 2.45) is 4.99 Å². The van der Waals surface area contributed by atoms with Gasteiger partial charge in [0.2, 0.25) is 15.0 Å². The van der Waals surface area contributed by atoms with Crippen LogP contribution in [0.15, 0.2) is 17.8 Å². The van der Waals surface area contributed by atoms with Crippen molar-refractivity contribution in [3.8, 4) is 0 Å². The van der Waals surface area contributed by atoms with Gasteiger partial charge in [-0.2, -0.15) is 0 Å². The third kappa shape index (κ3) is 3.02. The Labute approximate surface area is 72.2 Å². The van der Waals surface area contributed by atoms with Crippen LogP contribution in [0.3, 0.4) is 0 Å². The van der Waals surface area contributed by atoms with Crippen LogP contribution in [0.2, 0.25) is 0 Å². The molecule has 0 saturated carbocycles. The Kier molecular flexibility index (Phi) is 3.91. The summed E-state index contributed by atoms with van der Waals surface area (Å²) in [7, 11) is -0.560. The minimum atomic E-state index is -3.36. The van der Waals surface area contributed by atoms with Crippen LogP contribution in [0.25, 0.3) is 0 Å². The van der Waals surface area contributed by atoms with E-state index < -0.39 is 9.84 Å². The summed E-state index contributed by atoms with van der Waals surface area (Å²) >= 11 is 0. The highest BCUT2D eigenvalue weighted by atomic mass is 32.2. The summed E-state index contributed by atoms with van der Waals surface area (Å²) in [5.41, 5.74) is 0. The number of amidine groups is 1. The van der Waals surface area contributed by atoms with Gasteiger partial charge in [-0.15, -0.1) is 0 Å². The third-order valence-electron chi connectivity index (χ3n) is 1.08. The van der Waals surface area contributed by atoms with E-state index >= 15 is 0 Å². The molecule has 12 heavy (non-hydrogen) atoms. The van der Waals surface area contributed by atoms with E-state index in [2.05, 4.69) is 16.4 Å². The Balaban J connectivity index is 4.94. The van der Waals surface area contributed by atoms with Gasteiger partial charge < -0.3 is 0 Å². The molecule has 0 saturated heterocycles. The second-order valence-electron chi connectivity index (χ2n) is 2.05. The summed E-state index contributed by atoms with van der Waals surface area (Å²) in [6.45, 7) is 3.30. The standard InChI is InChI=1S/C6H12N2O3S/c1-5-7-6(8(2)11-3)12(4,9)10/h5H,1H2,2-4H3. The van der Waals surface area contributed by atoms with Gasteiger partial charge in [-0.1, -0.05) is 6.58 Å². The van der Waals surface area contributed by atoms with Gasteiger partial charge in [-0.25, -0.2) is 18.5 Å². The van der Waals surface area contributed by atoms with Crippen molar-refractivity contribution in [2.75, 3.05) is 20.4 Å². The molecule has 0 amide bonds. The molecule has 0 aromatic rings. The zero-order chi connectivity index (χ0) is 9.78. The number of rotatable bonds is 2. The van der Waals surface area contributed by atoms with Gasteiger partial charge in [0, 0.05) is 19.5 Å². The van der Waals surface area contributed by atoms with E-state index in [1.165, 1.54) is 14.2 Å². The summed E-state index contributed by atoms with van der Waals surface area (Å²) in [6.07, 6.45) is 2.19. The van der Waals surface area contributed by atoms with Crippen molar-refractivity contribution in [3.05, 3.63) is 12.8 Å². The maximum Gasteiger partial charge on any atom is 0.246 e. The van der Waals surface area contributed by atoms with E-state index in [0.717, 1.165) is 17.5 Å². The van der Waals surface area contributed by atoms with Crippen LogP contribution < -0.4 is 0 Å². The Morgan fingerprint density at radius 3 is 2.42 bits per heavy atom. The Bertz CT molecular complexity index is 281. The van der Waals surface area contributed by atoms with Gasteiger partial charge in [0.05, 0.1) is 7.11 Å². The minimum Gasteiger partial charge on any atom is -0.275 e. The zero-order valence-corrected chi connectivity index (χ0v) is 8.13. The van der Waals surface area contributed by atoms with E-state index in [9.17, 15) is 8.42 Å². The van der Waals surface area contributed by atoms with Crippen LogP contribution in [-0.2, 0) is 14.7 Å². The van der Waals surface area contributed by atoms with Gasteiger partial charge in [-0.3, -0.25) is 4.84 Å². The molecule has 0 aliphatic heterocycles. The van der Waals surface area contributed by atoms with Crippen molar-refractivity contribution in [1.29, 1.82) is 0 Å². The molecule has 0 radical (unpaired) electrons. The molecule has 6 heteroatoms. The first-order chi connectivity index (χ1) is 5.43. The number of nitrogens with zero attached hydrogens (tertiary/aromatic N) is 2. The smallest absolute Gasteiger partial charge is 0.246 e. The van der Waals surface area contributed by atoms with E-state index in [1.807, 2.05) is 0 Å². The van der Waals surface area contributed by atoms with E-state index in [1.54, 1.807) is 0 Å². The molecular formula is C6H12N2O3S. The number of aliphatic imine (C=N–C) groups is 1. The molecule has 0 spiro atoms. The number of hydroxylamine groups is 2. The van der Waals surface area contributed by atoms with Crippen molar-refractivity contribution >= 4 is 15.0 Å². The van der Waals surface area contributed by atoms with Gasteiger partial charge in [0.15, 0.2) is 0 Å². The number of hydrogen-bond donors (Lipinski definition) is 0. The lowest BCUT2D eigenvalue weighted by atomic mass is 11.0.